The topological polar surface area (TPSA) is 58.6 Å². The molecule has 1 atom stereocenters. The monoisotopic (exact) mass is 460 g/mol. The summed E-state index contributed by atoms with van der Waals surface area (Å²) in [6.45, 7) is 3.23. The van der Waals surface area contributed by atoms with Crippen LogP contribution in [0.2, 0.25) is 5.02 Å². The molecule has 1 aliphatic carbocycles. The first-order valence-electron chi connectivity index (χ1n) is 11.1. The molecule has 7 heteroatoms. The van der Waals surface area contributed by atoms with Gasteiger partial charge in [-0.3, -0.25) is 9.59 Å². The largest absolute Gasteiger partial charge is 0.484 e. The normalized spacial score (nSPS) is 15.1. The van der Waals surface area contributed by atoms with Crippen molar-refractivity contribution in [3.8, 4) is 5.75 Å². The van der Waals surface area contributed by atoms with Crippen molar-refractivity contribution < 1.29 is 18.7 Å². The van der Waals surface area contributed by atoms with Crippen LogP contribution in [-0.2, 0) is 16.1 Å². The quantitative estimate of drug-likeness (QED) is 0.600. The highest BCUT2D eigenvalue weighted by molar-refractivity contribution is 6.31. The summed E-state index contributed by atoms with van der Waals surface area (Å²) in [6.07, 6.45) is 5.25. The molecule has 0 spiro atoms. The predicted molar refractivity (Wildman–Crippen MR) is 123 cm³/mol. The van der Waals surface area contributed by atoms with E-state index in [2.05, 4.69) is 5.32 Å². The second-order valence-electron chi connectivity index (χ2n) is 8.33. The molecule has 2 aromatic rings. The van der Waals surface area contributed by atoms with Gasteiger partial charge in [-0.25, -0.2) is 4.39 Å². The van der Waals surface area contributed by atoms with Gasteiger partial charge in [-0.2, -0.15) is 0 Å². The Balaban J connectivity index is 1.72. The summed E-state index contributed by atoms with van der Waals surface area (Å²) in [7, 11) is 0. The molecule has 1 fully saturated rings. The molecule has 172 valence electrons. The molecular formula is C25H30ClFN2O3. The maximum atomic E-state index is 14.3. The van der Waals surface area contributed by atoms with Crippen LogP contribution in [0.15, 0.2) is 42.5 Å². The van der Waals surface area contributed by atoms with E-state index in [1.807, 2.05) is 6.92 Å². The van der Waals surface area contributed by atoms with Crippen molar-refractivity contribution >= 4 is 23.4 Å². The van der Waals surface area contributed by atoms with Crippen molar-refractivity contribution in [2.45, 2.75) is 64.6 Å². The summed E-state index contributed by atoms with van der Waals surface area (Å²) < 4.78 is 20.0. The van der Waals surface area contributed by atoms with Gasteiger partial charge >= 0.3 is 0 Å². The number of aryl methyl sites for hydroxylation is 1. The molecule has 0 aliphatic heterocycles. The molecule has 1 saturated carbocycles. The molecule has 1 N–H and O–H groups in total. The van der Waals surface area contributed by atoms with Gasteiger partial charge in [-0.05, 0) is 56.5 Å². The Labute approximate surface area is 193 Å². The van der Waals surface area contributed by atoms with Crippen molar-refractivity contribution in [1.82, 2.24) is 10.2 Å². The van der Waals surface area contributed by atoms with Crippen molar-refractivity contribution in [3.05, 3.63) is 64.4 Å². The first kappa shape index (κ1) is 24.1. The molecule has 0 bridgehead atoms. The van der Waals surface area contributed by atoms with E-state index in [9.17, 15) is 14.0 Å². The summed E-state index contributed by atoms with van der Waals surface area (Å²) in [6, 6.07) is 10.8. The van der Waals surface area contributed by atoms with E-state index in [0.29, 0.717) is 16.3 Å². The SMILES string of the molecule is Cc1cc(OCC(=O)N(Cc2ccccc2F)C(C)C(=O)NC2CCCCC2)ccc1Cl. The fourth-order valence-corrected chi connectivity index (χ4v) is 4.01. The first-order valence-corrected chi connectivity index (χ1v) is 11.4. The van der Waals surface area contributed by atoms with E-state index in [4.69, 9.17) is 16.3 Å². The summed E-state index contributed by atoms with van der Waals surface area (Å²) in [5, 5.41) is 3.67. The number of hydrogen-bond donors (Lipinski definition) is 1. The molecule has 5 nitrogen and oxygen atoms in total. The molecule has 0 heterocycles. The van der Waals surface area contributed by atoms with Gasteiger partial charge in [-0.1, -0.05) is 49.1 Å². The van der Waals surface area contributed by atoms with Crippen LogP contribution in [-0.4, -0.2) is 35.4 Å². The Morgan fingerprint density at radius 3 is 2.59 bits per heavy atom. The van der Waals surface area contributed by atoms with Crippen LogP contribution in [0.3, 0.4) is 0 Å². The zero-order valence-corrected chi connectivity index (χ0v) is 19.3. The predicted octanol–water partition coefficient (Wildman–Crippen LogP) is 5.03. The molecular weight excluding hydrogens is 431 g/mol. The van der Waals surface area contributed by atoms with Crippen LogP contribution >= 0.6 is 11.6 Å². The molecule has 0 aromatic heterocycles. The molecule has 0 radical (unpaired) electrons. The average Bonchev–Trinajstić information content (AvgIpc) is 2.79. The lowest BCUT2D eigenvalue weighted by Gasteiger charge is -2.31. The minimum atomic E-state index is -0.764. The van der Waals surface area contributed by atoms with Gasteiger partial charge in [0.05, 0.1) is 0 Å². The smallest absolute Gasteiger partial charge is 0.261 e. The van der Waals surface area contributed by atoms with E-state index >= 15 is 0 Å². The maximum Gasteiger partial charge on any atom is 0.261 e. The van der Waals surface area contributed by atoms with Crippen molar-refractivity contribution in [1.29, 1.82) is 0 Å². The second-order valence-corrected chi connectivity index (χ2v) is 8.74. The zero-order valence-electron chi connectivity index (χ0n) is 18.6. The number of benzene rings is 2. The van der Waals surface area contributed by atoms with Crippen LogP contribution in [0.25, 0.3) is 0 Å². The molecule has 3 rings (SSSR count). The Morgan fingerprint density at radius 1 is 1.19 bits per heavy atom. The molecule has 1 unspecified atom stereocenters. The fourth-order valence-electron chi connectivity index (χ4n) is 3.90. The van der Waals surface area contributed by atoms with Gasteiger partial charge in [0.1, 0.15) is 17.6 Å². The third kappa shape index (κ3) is 6.45. The summed E-state index contributed by atoms with van der Waals surface area (Å²) in [4.78, 5) is 27.4. The Hall–Kier alpha value is -2.60. The van der Waals surface area contributed by atoms with Crippen LogP contribution in [0.1, 0.15) is 50.2 Å². The van der Waals surface area contributed by atoms with Gasteiger partial charge in [0.25, 0.3) is 5.91 Å². The highest BCUT2D eigenvalue weighted by Gasteiger charge is 2.29. The van der Waals surface area contributed by atoms with Gasteiger partial charge < -0.3 is 15.0 Å². The Bertz CT molecular complexity index is 947. The standard InChI is InChI=1S/C25H30ClFN2O3/c1-17-14-21(12-13-22(17)26)32-16-24(30)29(15-19-8-6-7-11-23(19)27)18(2)25(31)28-20-9-4-3-5-10-20/h6-8,11-14,18,20H,3-5,9-10,15-16H2,1-2H3,(H,28,31). The molecule has 1 aliphatic rings. The lowest BCUT2D eigenvalue weighted by Crippen LogP contribution is -2.51. The lowest BCUT2D eigenvalue weighted by molar-refractivity contribution is -0.142. The summed E-state index contributed by atoms with van der Waals surface area (Å²) in [5.41, 5.74) is 1.18. The zero-order chi connectivity index (χ0) is 23.1. The second kappa shape index (κ2) is 11.3. The fraction of sp³-hybridized carbons (Fsp3) is 0.440. The van der Waals surface area contributed by atoms with Crippen molar-refractivity contribution in [3.63, 3.8) is 0 Å². The number of carbonyl (C=O) groups is 2. The number of carbonyl (C=O) groups excluding carboxylic acids is 2. The lowest BCUT2D eigenvalue weighted by atomic mass is 9.95. The van der Waals surface area contributed by atoms with E-state index in [0.717, 1.165) is 31.2 Å². The molecule has 32 heavy (non-hydrogen) atoms. The number of halogens is 2. The van der Waals surface area contributed by atoms with E-state index in [1.165, 1.54) is 17.4 Å². The number of amides is 2. The molecule has 2 amide bonds. The maximum absolute atomic E-state index is 14.3. The summed E-state index contributed by atoms with van der Waals surface area (Å²) >= 11 is 6.04. The van der Waals surface area contributed by atoms with Gasteiger partial charge in [0.15, 0.2) is 6.61 Å². The highest BCUT2D eigenvalue weighted by Crippen LogP contribution is 2.22. The van der Waals surface area contributed by atoms with Crippen LogP contribution in [0, 0.1) is 12.7 Å². The molecule has 0 saturated heterocycles. The van der Waals surface area contributed by atoms with Crippen molar-refractivity contribution in [2.24, 2.45) is 0 Å². The number of hydrogen-bond acceptors (Lipinski definition) is 3. The van der Waals surface area contributed by atoms with Crippen LogP contribution < -0.4 is 10.1 Å². The van der Waals surface area contributed by atoms with E-state index in [-0.39, 0.29) is 25.1 Å². The van der Waals surface area contributed by atoms with Gasteiger partial charge in [0, 0.05) is 23.2 Å². The van der Waals surface area contributed by atoms with Crippen molar-refractivity contribution in [2.75, 3.05) is 6.61 Å². The summed E-state index contributed by atoms with van der Waals surface area (Å²) in [5.74, 6) is -0.541. The Morgan fingerprint density at radius 2 is 1.91 bits per heavy atom. The number of nitrogens with one attached hydrogen (secondary N) is 1. The van der Waals surface area contributed by atoms with Crippen LogP contribution in [0.4, 0.5) is 4.39 Å². The van der Waals surface area contributed by atoms with E-state index in [1.54, 1.807) is 43.3 Å². The van der Waals surface area contributed by atoms with E-state index < -0.39 is 17.8 Å². The van der Waals surface area contributed by atoms with Crippen LogP contribution in [0.5, 0.6) is 5.75 Å². The number of rotatable bonds is 8. The third-order valence-electron chi connectivity index (χ3n) is 5.91. The average molecular weight is 461 g/mol. The van der Waals surface area contributed by atoms with Gasteiger partial charge in [0.2, 0.25) is 5.91 Å². The number of nitrogens with zero attached hydrogens (tertiary/aromatic N) is 1. The highest BCUT2D eigenvalue weighted by atomic mass is 35.5. The Kier molecular flexibility index (Phi) is 8.51. The minimum Gasteiger partial charge on any atom is -0.484 e. The molecule has 2 aromatic carbocycles. The van der Waals surface area contributed by atoms with Gasteiger partial charge in [-0.15, -0.1) is 0 Å². The first-order chi connectivity index (χ1) is 15.3. The number of ether oxygens (including phenoxy) is 1. The third-order valence-corrected chi connectivity index (χ3v) is 6.33. The minimum absolute atomic E-state index is 0.0201.